The second-order valence-electron chi connectivity index (χ2n) is 8.24. The van der Waals surface area contributed by atoms with E-state index in [0.717, 1.165) is 32.4 Å². The maximum absolute atomic E-state index is 12.7. The maximum Gasteiger partial charge on any atom is 0.241 e. The SMILES string of the molecule is Cc1ccc(CCC2CCN(C(C)C(=O)Nc3cccc(S(N)(=O)=O)c3)CC2)cc1. The lowest BCUT2D eigenvalue weighted by molar-refractivity contribution is -0.121. The van der Waals surface area contributed by atoms with Crippen LogP contribution in [0.5, 0.6) is 0 Å². The van der Waals surface area contributed by atoms with Gasteiger partial charge >= 0.3 is 0 Å². The molecule has 1 amide bonds. The maximum atomic E-state index is 12.7. The molecule has 1 heterocycles. The van der Waals surface area contributed by atoms with Crippen molar-refractivity contribution in [1.29, 1.82) is 0 Å². The van der Waals surface area contributed by atoms with Crippen LogP contribution in [0.1, 0.15) is 37.3 Å². The molecule has 6 nitrogen and oxygen atoms in total. The fourth-order valence-electron chi connectivity index (χ4n) is 3.92. The molecule has 7 heteroatoms. The molecule has 1 atom stereocenters. The summed E-state index contributed by atoms with van der Waals surface area (Å²) in [6.07, 6.45) is 4.45. The highest BCUT2D eigenvalue weighted by molar-refractivity contribution is 7.89. The Morgan fingerprint density at radius 2 is 1.83 bits per heavy atom. The minimum atomic E-state index is -3.80. The number of hydrogen-bond donors (Lipinski definition) is 2. The van der Waals surface area contributed by atoms with Gasteiger partial charge in [0.05, 0.1) is 10.9 Å². The quantitative estimate of drug-likeness (QED) is 0.706. The number of sulfonamides is 1. The topological polar surface area (TPSA) is 92.5 Å². The molecule has 0 radical (unpaired) electrons. The number of nitrogens with zero attached hydrogens (tertiary/aromatic N) is 1. The molecule has 1 aliphatic rings. The van der Waals surface area contributed by atoms with Crippen LogP contribution < -0.4 is 10.5 Å². The number of anilines is 1. The van der Waals surface area contributed by atoms with Crippen molar-refractivity contribution in [2.75, 3.05) is 18.4 Å². The van der Waals surface area contributed by atoms with E-state index < -0.39 is 10.0 Å². The average molecular weight is 430 g/mol. The number of carbonyl (C=O) groups is 1. The molecule has 1 fully saturated rings. The van der Waals surface area contributed by atoms with Gasteiger partial charge in [-0.2, -0.15) is 0 Å². The number of nitrogens with one attached hydrogen (secondary N) is 1. The molecule has 0 aromatic heterocycles. The lowest BCUT2D eigenvalue weighted by Gasteiger charge is -2.35. The van der Waals surface area contributed by atoms with Gasteiger partial charge in [0.2, 0.25) is 15.9 Å². The van der Waals surface area contributed by atoms with Crippen molar-refractivity contribution in [3.8, 4) is 0 Å². The van der Waals surface area contributed by atoms with Crippen molar-refractivity contribution >= 4 is 21.6 Å². The number of piperidine rings is 1. The zero-order chi connectivity index (χ0) is 21.7. The van der Waals surface area contributed by atoms with Crippen LogP contribution >= 0.6 is 0 Å². The van der Waals surface area contributed by atoms with Gasteiger partial charge in [-0.05, 0) is 82.3 Å². The summed E-state index contributed by atoms with van der Waals surface area (Å²) in [7, 11) is -3.80. The smallest absolute Gasteiger partial charge is 0.241 e. The number of hydrogen-bond acceptors (Lipinski definition) is 4. The van der Waals surface area contributed by atoms with E-state index in [-0.39, 0.29) is 16.8 Å². The van der Waals surface area contributed by atoms with E-state index in [2.05, 4.69) is 41.4 Å². The third-order valence-corrected chi connectivity index (χ3v) is 6.88. The first kappa shape index (κ1) is 22.5. The minimum Gasteiger partial charge on any atom is -0.325 e. The van der Waals surface area contributed by atoms with Crippen LogP contribution in [0.25, 0.3) is 0 Å². The molecule has 1 saturated heterocycles. The summed E-state index contributed by atoms with van der Waals surface area (Å²) in [5.41, 5.74) is 3.11. The molecule has 0 aliphatic carbocycles. The average Bonchev–Trinajstić information content (AvgIpc) is 2.73. The van der Waals surface area contributed by atoms with Crippen molar-refractivity contribution in [2.24, 2.45) is 11.1 Å². The van der Waals surface area contributed by atoms with Gasteiger partial charge in [0.25, 0.3) is 0 Å². The monoisotopic (exact) mass is 429 g/mol. The van der Waals surface area contributed by atoms with Crippen molar-refractivity contribution in [1.82, 2.24) is 4.90 Å². The van der Waals surface area contributed by atoms with Gasteiger partial charge in [-0.1, -0.05) is 35.9 Å². The molecular formula is C23H31N3O3S. The summed E-state index contributed by atoms with van der Waals surface area (Å²) in [4.78, 5) is 14.8. The Morgan fingerprint density at radius 3 is 2.47 bits per heavy atom. The fourth-order valence-corrected chi connectivity index (χ4v) is 4.48. The molecule has 0 spiro atoms. The van der Waals surface area contributed by atoms with Gasteiger partial charge in [0, 0.05) is 5.69 Å². The van der Waals surface area contributed by atoms with E-state index in [9.17, 15) is 13.2 Å². The lowest BCUT2D eigenvalue weighted by Crippen LogP contribution is -2.46. The molecule has 0 saturated carbocycles. The van der Waals surface area contributed by atoms with Crippen LogP contribution in [0.4, 0.5) is 5.69 Å². The molecule has 30 heavy (non-hydrogen) atoms. The first-order valence-corrected chi connectivity index (χ1v) is 12.0. The summed E-state index contributed by atoms with van der Waals surface area (Å²) in [6.45, 7) is 5.79. The molecular weight excluding hydrogens is 398 g/mol. The molecule has 2 aromatic rings. The van der Waals surface area contributed by atoms with Crippen LogP contribution in [-0.4, -0.2) is 38.4 Å². The van der Waals surface area contributed by atoms with Crippen LogP contribution in [-0.2, 0) is 21.2 Å². The van der Waals surface area contributed by atoms with Crippen LogP contribution in [0.15, 0.2) is 53.4 Å². The summed E-state index contributed by atoms with van der Waals surface area (Å²) in [5.74, 6) is 0.545. The number of primary sulfonamides is 1. The van der Waals surface area contributed by atoms with E-state index in [1.165, 1.54) is 29.7 Å². The zero-order valence-electron chi connectivity index (χ0n) is 17.7. The summed E-state index contributed by atoms with van der Waals surface area (Å²) in [5, 5.41) is 7.98. The summed E-state index contributed by atoms with van der Waals surface area (Å²) < 4.78 is 23.0. The summed E-state index contributed by atoms with van der Waals surface area (Å²) >= 11 is 0. The number of likely N-dealkylation sites (tertiary alicyclic amines) is 1. The molecule has 3 N–H and O–H groups in total. The highest BCUT2D eigenvalue weighted by Gasteiger charge is 2.26. The molecule has 1 aliphatic heterocycles. The standard InChI is InChI=1S/C23H31N3O3S/c1-17-6-8-19(9-7-17)10-11-20-12-14-26(15-13-20)18(2)23(27)25-21-4-3-5-22(16-21)30(24,28)29/h3-9,16,18,20H,10-15H2,1-2H3,(H,25,27)(H2,24,28,29). The third kappa shape index (κ3) is 6.14. The highest BCUT2D eigenvalue weighted by Crippen LogP contribution is 2.24. The van der Waals surface area contributed by atoms with Crippen LogP contribution in [0.3, 0.4) is 0 Å². The Balaban J connectivity index is 1.48. The predicted molar refractivity (Wildman–Crippen MR) is 120 cm³/mol. The highest BCUT2D eigenvalue weighted by atomic mass is 32.2. The van der Waals surface area contributed by atoms with Gasteiger partial charge < -0.3 is 5.32 Å². The number of benzene rings is 2. The van der Waals surface area contributed by atoms with Gasteiger partial charge in [-0.25, -0.2) is 13.6 Å². The second-order valence-corrected chi connectivity index (χ2v) is 9.80. The number of nitrogens with two attached hydrogens (primary N) is 1. The second kappa shape index (κ2) is 9.73. The third-order valence-electron chi connectivity index (χ3n) is 5.97. The molecule has 1 unspecified atom stereocenters. The fraction of sp³-hybridized carbons (Fsp3) is 0.435. The van der Waals surface area contributed by atoms with Gasteiger partial charge in [0.15, 0.2) is 0 Å². The largest absolute Gasteiger partial charge is 0.325 e. The normalized spacial score (nSPS) is 16.9. The number of carbonyl (C=O) groups excluding carboxylic acids is 1. The van der Waals surface area contributed by atoms with Crippen LogP contribution in [0, 0.1) is 12.8 Å². The minimum absolute atomic E-state index is 0.0117. The molecule has 3 rings (SSSR count). The summed E-state index contributed by atoms with van der Waals surface area (Å²) in [6, 6.07) is 14.5. The first-order chi connectivity index (χ1) is 14.2. The van der Waals surface area contributed by atoms with Gasteiger partial charge in [-0.3, -0.25) is 9.69 Å². The van der Waals surface area contributed by atoms with Gasteiger partial charge in [0.1, 0.15) is 0 Å². The zero-order valence-corrected chi connectivity index (χ0v) is 18.5. The van der Waals surface area contributed by atoms with Crippen molar-refractivity contribution < 1.29 is 13.2 Å². The number of amides is 1. The predicted octanol–water partition coefficient (Wildman–Crippen LogP) is 3.31. The number of aryl methyl sites for hydroxylation is 2. The Hall–Kier alpha value is -2.22. The molecule has 2 aromatic carbocycles. The van der Waals surface area contributed by atoms with E-state index in [4.69, 9.17) is 5.14 Å². The van der Waals surface area contributed by atoms with Crippen LogP contribution in [0.2, 0.25) is 0 Å². The lowest BCUT2D eigenvalue weighted by atomic mass is 9.90. The molecule has 162 valence electrons. The van der Waals surface area contributed by atoms with E-state index in [1.54, 1.807) is 12.1 Å². The van der Waals surface area contributed by atoms with E-state index >= 15 is 0 Å². The molecule has 0 bridgehead atoms. The number of rotatable bonds is 7. The van der Waals surface area contributed by atoms with E-state index in [1.807, 2.05) is 6.92 Å². The Kier molecular flexibility index (Phi) is 7.28. The first-order valence-electron chi connectivity index (χ1n) is 10.5. The van der Waals surface area contributed by atoms with Crippen molar-refractivity contribution in [3.05, 3.63) is 59.7 Å². The van der Waals surface area contributed by atoms with Crippen molar-refractivity contribution in [3.63, 3.8) is 0 Å². The van der Waals surface area contributed by atoms with Gasteiger partial charge in [-0.15, -0.1) is 0 Å². The Labute approximate surface area is 179 Å². The van der Waals surface area contributed by atoms with E-state index in [0.29, 0.717) is 11.6 Å². The Morgan fingerprint density at radius 1 is 1.17 bits per heavy atom. The van der Waals surface area contributed by atoms with Crippen molar-refractivity contribution in [2.45, 2.75) is 50.5 Å². The Bertz CT molecular complexity index is 965.